The molecule has 6 aromatic rings. The third kappa shape index (κ3) is 7.68. The summed E-state index contributed by atoms with van der Waals surface area (Å²) >= 11 is 0. The molecule has 59 heavy (non-hydrogen) atoms. The molecule has 300 valence electrons. The highest BCUT2D eigenvalue weighted by molar-refractivity contribution is 7.48. The van der Waals surface area contributed by atoms with Gasteiger partial charge in [0.15, 0.2) is 0 Å². The van der Waals surface area contributed by atoms with Gasteiger partial charge >= 0.3 is 7.82 Å². The van der Waals surface area contributed by atoms with Crippen LogP contribution in [0.15, 0.2) is 169 Å². The topological polar surface area (TPSA) is 54.0 Å². The molecule has 7 heteroatoms. The van der Waals surface area contributed by atoms with E-state index in [1.165, 1.54) is 44.6 Å². The molecule has 0 amide bonds. The van der Waals surface area contributed by atoms with Crippen LogP contribution < -0.4 is 10.4 Å². The van der Waals surface area contributed by atoms with Crippen LogP contribution in [-0.2, 0) is 22.6 Å². The first-order chi connectivity index (χ1) is 28.8. The Kier molecular flexibility index (Phi) is 11.3. The molecule has 0 atom stereocenters. The zero-order valence-corrected chi connectivity index (χ0v) is 36.2. The van der Waals surface area contributed by atoms with Crippen LogP contribution in [0.4, 0.5) is 0 Å². The van der Waals surface area contributed by atoms with Gasteiger partial charge in [-0.3, -0.25) is 13.6 Å². The fraction of sp³-hybridized carbons (Fsp3) is 0.269. The largest absolute Gasteiger partial charge is 0.475 e. The first kappa shape index (κ1) is 39.8. The van der Waals surface area contributed by atoms with Crippen molar-refractivity contribution in [1.82, 2.24) is 0 Å². The lowest BCUT2D eigenvalue weighted by atomic mass is 9.80. The third-order valence-electron chi connectivity index (χ3n) is 12.8. The summed E-state index contributed by atoms with van der Waals surface area (Å²) in [4.78, 5) is 0. The van der Waals surface area contributed by atoms with Crippen LogP contribution in [0.2, 0.25) is 5.04 Å². The third-order valence-corrected chi connectivity index (χ3v) is 19.2. The van der Waals surface area contributed by atoms with Gasteiger partial charge in [0.25, 0.3) is 8.32 Å². The highest BCUT2D eigenvalue weighted by atomic mass is 31.2. The van der Waals surface area contributed by atoms with E-state index in [-0.39, 0.29) is 36.7 Å². The van der Waals surface area contributed by atoms with Crippen molar-refractivity contribution in [2.24, 2.45) is 5.92 Å². The van der Waals surface area contributed by atoms with E-state index in [1.807, 2.05) is 0 Å². The molecule has 0 unspecified atom stereocenters. The summed E-state index contributed by atoms with van der Waals surface area (Å²) in [5.74, 6) is 0.185. The normalized spacial score (nSPS) is 15.7. The Balaban J connectivity index is 1.00. The average Bonchev–Trinajstić information content (AvgIpc) is 3.74. The summed E-state index contributed by atoms with van der Waals surface area (Å²) in [6, 6.07) is 55.2. The molecule has 0 radical (unpaired) electrons. The van der Waals surface area contributed by atoms with E-state index >= 15 is 4.57 Å². The number of hydrogen-bond donors (Lipinski definition) is 0. The van der Waals surface area contributed by atoms with E-state index in [9.17, 15) is 0 Å². The monoisotopic (exact) mass is 816 g/mol. The molecule has 0 saturated heterocycles. The standard InChI is InChI=1S/C52H53O5PSi/c1-52(2,3)59(40-21-6-4-7-22-40,41-23-8-5-9-24-41)57-35-39(38-19-18-20-38)33-34-54-58(53,55-36-50-46-29-14-10-25-42(46)43-26-11-15-30-47(43)50)56-37-51-48-31-16-12-27-44(48)45-28-13-17-32-49(45)51/h4-17,21-33,38,50-51H,18-20,34-37H2,1-3H3. The Bertz CT molecular complexity index is 2260. The van der Waals surface area contributed by atoms with Crippen LogP contribution in [0.5, 0.6) is 0 Å². The summed E-state index contributed by atoms with van der Waals surface area (Å²) in [7, 11) is -6.88. The maximum atomic E-state index is 15.1. The Labute approximate surface area is 350 Å². The molecule has 1 saturated carbocycles. The van der Waals surface area contributed by atoms with E-state index in [0.717, 1.165) is 35.1 Å². The van der Waals surface area contributed by atoms with E-state index in [1.54, 1.807) is 0 Å². The molecule has 1 fully saturated rings. The van der Waals surface area contributed by atoms with Crippen molar-refractivity contribution in [3.05, 3.63) is 192 Å². The van der Waals surface area contributed by atoms with E-state index in [4.69, 9.17) is 18.0 Å². The van der Waals surface area contributed by atoms with Crippen LogP contribution in [0.1, 0.15) is 74.1 Å². The summed E-state index contributed by atoms with van der Waals surface area (Å²) in [5, 5.41) is 2.35. The minimum absolute atomic E-state index is 0.0862. The summed E-state index contributed by atoms with van der Waals surface area (Å²) in [6.07, 6.45) is 5.48. The van der Waals surface area contributed by atoms with Gasteiger partial charge in [-0.15, -0.1) is 0 Å². The zero-order chi connectivity index (χ0) is 40.5. The molecule has 5 nitrogen and oxygen atoms in total. The predicted octanol–water partition coefficient (Wildman–Crippen LogP) is 12.1. The quantitative estimate of drug-likeness (QED) is 0.0587. The van der Waals surface area contributed by atoms with Crippen LogP contribution in [0, 0.1) is 5.92 Å². The van der Waals surface area contributed by atoms with E-state index < -0.39 is 16.1 Å². The number of benzene rings is 6. The van der Waals surface area contributed by atoms with E-state index in [0.29, 0.717) is 12.5 Å². The lowest BCUT2D eigenvalue weighted by molar-refractivity contribution is 0.116. The van der Waals surface area contributed by atoms with Crippen LogP contribution >= 0.6 is 7.82 Å². The summed E-state index contributed by atoms with van der Waals surface area (Å²) < 4.78 is 41.9. The number of phosphoric ester groups is 1. The smallest absolute Gasteiger partial charge is 0.403 e. The van der Waals surface area contributed by atoms with Gasteiger partial charge < -0.3 is 4.43 Å². The predicted molar refractivity (Wildman–Crippen MR) is 242 cm³/mol. The Morgan fingerprint density at radius 1 is 0.576 bits per heavy atom. The maximum Gasteiger partial charge on any atom is 0.475 e. The van der Waals surface area contributed by atoms with Crippen molar-refractivity contribution < 1.29 is 22.6 Å². The Morgan fingerprint density at radius 2 is 0.966 bits per heavy atom. The minimum Gasteiger partial charge on any atom is -0.403 e. The molecule has 6 aromatic carbocycles. The van der Waals surface area contributed by atoms with Crippen molar-refractivity contribution in [3.8, 4) is 22.3 Å². The second kappa shape index (κ2) is 16.8. The van der Waals surface area contributed by atoms with Crippen molar-refractivity contribution in [1.29, 1.82) is 0 Å². The SMILES string of the molecule is CC(C)(C)[Si](OCC(=CCOP(=O)(OCC1c2ccccc2-c2ccccc21)OCC1c2ccccc2-c2ccccc21)C1CCC1)(c1ccccc1)c1ccccc1. The number of fused-ring (bicyclic) bond motifs is 6. The van der Waals surface area contributed by atoms with Gasteiger partial charge in [0.1, 0.15) is 0 Å². The highest BCUT2D eigenvalue weighted by Crippen LogP contribution is 2.55. The number of rotatable bonds is 15. The lowest BCUT2D eigenvalue weighted by Gasteiger charge is -2.44. The molecule has 0 heterocycles. The van der Waals surface area contributed by atoms with Gasteiger partial charge in [0.05, 0.1) is 26.4 Å². The molecule has 0 aliphatic heterocycles. The van der Waals surface area contributed by atoms with Gasteiger partial charge in [-0.2, -0.15) is 0 Å². The van der Waals surface area contributed by atoms with E-state index in [2.05, 4.69) is 185 Å². The molecule has 0 aromatic heterocycles. The van der Waals surface area contributed by atoms with Gasteiger partial charge in [-0.1, -0.05) is 191 Å². The first-order valence-corrected chi connectivity index (χ1v) is 24.5. The van der Waals surface area contributed by atoms with Crippen LogP contribution in [0.3, 0.4) is 0 Å². The molecule has 3 aliphatic rings. The average molecular weight is 817 g/mol. The van der Waals surface area contributed by atoms with Crippen molar-refractivity contribution in [2.75, 3.05) is 26.4 Å². The van der Waals surface area contributed by atoms with Crippen LogP contribution in [-0.4, -0.2) is 34.7 Å². The maximum absolute atomic E-state index is 15.1. The van der Waals surface area contributed by atoms with Gasteiger partial charge in [-0.25, -0.2) is 4.57 Å². The molecule has 0 bridgehead atoms. The fourth-order valence-electron chi connectivity index (χ4n) is 9.63. The minimum atomic E-state index is -4.10. The summed E-state index contributed by atoms with van der Waals surface area (Å²) in [6.45, 7) is 7.81. The molecule has 9 rings (SSSR count). The Hall–Kier alpha value is -4.65. The fourth-order valence-corrected chi connectivity index (χ4v) is 15.3. The molecular weight excluding hydrogens is 764 g/mol. The van der Waals surface area contributed by atoms with Crippen molar-refractivity contribution in [3.63, 3.8) is 0 Å². The molecule has 0 spiro atoms. The molecule has 3 aliphatic carbocycles. The molecule has 0 N–H and O–H groups in total. The Morgan fingerprint density at radius 3 is 1.34 bits per heavy atom. The summed E-state index contributed by atoms with van der Waals surface area (Å²) in [5.41, 5.74) is 10.6. The first-order valence-electron chi connectivity index (χ1n) is 21.1. The van der Waals surface area contributed by atoms with Gasteiger partial charge in [0.2, 0.25) is 0 Å². The van der Waals surface area contributed by atoms with Crippen LogP contribution in [0.25, 0.3) is 22.3 Å². The number of phosphoric acid groups is 1. The zero-order valence-electron chi connectivity index (χ0n) is 34.3. The van der Waals surface area contributed by atoms with Gasteiger partial charge in [-0.05, 0) is 84.3 Å². The second-order valence-electron chi connectivity index (χ2n) is 17.1. The highest BCUT2D eigenvalue weighted by Gasteiger charge is 2.50. The molecular formula is C52H53O5PSi. The second-order valence-corrected chi connectivity index (χ2v) is 23.1. The number of hydrogen-bond acceptors (Lipinski definition) is 5. The lowest BCUT2D eigenvalue weighted by Crippen LogP contribution is -2.66. The van der Waals surface area contributed by atoms with Crippen molar-refractivity contribution in [2.45, 2.75) is 56.9 Å². The van der Waals surface area contributed by atoms with Crippen molar-refractivity contribution >= 4 is 26.5 Å². The van der Waals surface area contributed by atoms with Gasteiger partial charge in [0, 0.05) is 11.8 Å².